The minimum Gasteiger partial charge on any atom is -0.294 e. The molecule has 0 saturated heterocycles. The molecule has 2 aliphatic carbocycles. The molecule has 0 bridgehead atoms. The van der Waals surface area contributed by atoms with Crippen molar-refractivity contribution < 1.29 is 4.79 Å². The van der Waals surface area contributed by atoms with Crippen molar-refractivity contribution in [1.29, 1.82) is 5.26 Å². The van der Waals surface area contributed by atoms with Crippen LogP contribution in [-0.2, 0) is 5.41 Å². The number of nitriles is 1. The molecule has 1 saturated carbocycles. The van der Waals surface area contributed by atoms with Gasteiger partial charge in [-0.2, -0.15) is 5.26 Å². The Morgan fingerprint density at radius 1 is 0.760 bits per heavy atom. The molecule has 0 amide bonds. The lowest BCUT2D eigenvalue weighted by Gasteiger charge is -2.23. The van der Waals surface area contributed by atoms with E-state index in [0.29, 0.717) is 5.56 Å². The van der Waals surface area contributed by atoms with Crippen molar-refractivity contribution in [3.63, 3.8) is 0 Å². The summed E-state index contributed by atoms with van der Waals surface area (Å²) in [6.07, 6.45) is 0. The van der Waals surface area contributed by atoms with Gasteiger partial charge in [-0.05, 0) is 28.8 Å². The average Bonchev–Trinajstić information content (AvgIpc) is 3.30. The van der Waals surface area contributed by atoms with Crippen molar-refractivity contribution in [2.24, 2.45) is 5.92 Å². The van der Waals surface area contributed by atoms with Crippen LogP contribution in [0.4, 0.5) is 0 Å². The Labute approximate surface area is 146 Å². The van der Waals surface area contributed by atoms with E-state index in [1.54, 1.807) is 0 Å². The smallest absolute Gasteiger partial charge is 0.168 e. The number of benzene rings is 3. The lowest BCUT2D eigenvalue weighted by atomic mass is 9.79. The second-order valence-electron chi connectivity index (χ2n) is 6.83. The number of carbonyl (C=O) groups excluding carboxylic acids is 1. The van der Waals surface area contributed by atoms with Gasteiger partial charge in [-0.25, -0.2) is 0 Å². The minimum absolute atomic E-state index is 0.0414. The van der Waals surface area contributed by atoms with Gasteiger partial charge in [-0.1, -0.05) is 66.7 Å². The molecule has 2 nitrogen and oxygen atoms in total. The summed E-state index contributed by atoms with van der Waals surface area (Å²) in [6, 6.07) is 28.2. The molecule has 5 rings (SSSR count). The van der Waals surface area contributed by atoms with E-state index < -0.39 is 0 Å². The van der Waals surface area contributed by atoms with E-state index in [0.717, 1.165) is 16.7 Å². The monoisotopic (exact) mass is 321 g/mol. The molecule has 2 aliphatic rings. The number of carbonyl (C=O) groups is 1. The quantitative estimate of drug-likeness (QED) is 0.699. The van der Waals surface area contributed by atoms with Crippen LogP contribution in [0.2, 0.25) is 0 Å². The fourth-order valence-corrected chi connectivity index (χ4v) is 4.75. The maximum absolute atomic E-state index is 13.1. The number of hydrogen-bond acceptors (Lipinski definition) is 2. The van der Waals surface area contributed by atoms with Crippen LogP contribution in [-0.4, -0.2) is 5.78 Å². The molecule has 0 N–H and O–H groups in total. The van der Waals surface area contributed by atoms with Crippen molar-refractivity contribution >= 4 is 5.78 Å². The summed E-state index contributed by atoms with van der Waals surface area (Å²) in [5.41, 5.74) is 4.67. The highest BCUT2D eigenvalue weighted by molar-refractivity contribution is 6.09. The fraction of sp³-hybridized carbons (Fsp3) is 0.130. The predicted molar refractivity (Wildman–Crippen MR) is 95.4 cm³/mol. The number of fused-ring (bicyclic) bond motifs is 3. The van der Waals surface area contributed by atoms with Gasteiger partial charge in [0.05, 0.1) is 11.6 Å². The Morgan fingerprint density at radius 2 is 1.40 bits per heavy atom. The molecule has 3 aromatic rings. The molecule has 3 aromatic carbocycles. The molecule has 2 unspecified atom stereocenters. The first kappa shape index (κ1) is 14.2. The molecular formula is C23H15NO. The zero-order valence-electron chi connectivity index (χ0n) is 13.5. The van der Waals surface area contributed by atoms with Crippen LogP contribution in [0.1, 0.15) is 38.5 Å². The van der Waals surface area contributed by atoms with Gasteiger partial charge in [0.1, 0.15) is 0 Å². The maximum Gasteiger partial charge on any atom is 0.168 e. The summed E-state index contributed by atoms with van der Waals surface area (Å²) in [5, 5.41) is 9.09. The molecule has 0 radical (unpaired) electrons. The Hall–Kier alpha value is -3.18. The Balaban J connectivity index is 1.74. The third-order valence-electron chi connectivity index (χ3n) is 5.79. The van der Waals surface area contributed by atoms with E-state index in [1.807, 2.05) is 60.7 Å². The summed E-state index contributed by atoms with van der Waals surface area (Å²) >= 11 is 0. The maximum atomic E-state index is 13.1. The molecule has 2 heteroatoms. The van der Waals surface area contributed by atoms with E-state index in [-0.39, 0.29) is 23.0 Å². The largest absolute Gasteiger partial charge is 0.294 e. The standard InChI is InChI=1S/C23H15NO/c24-14-15-10-12-17(13-11-15)23(16-6-2-1-3-7-16)20-18-8-4-5-9-19(18)22(25)21(20)23/h1-13,20-21H/t20?,21?,23-/m0/s1. The van der Waals surface area contributed by atoms with E-state index in [2.05, 4.69) is 24.3 Å². The van der Waals surface area contributed by atoms with Crippen LogP contribution >= 0.6 is 0 Å². The number of Topliss-reactive ketones (excluding diaryl/α,β-unsaturated/α-hetero) is 1. The van der Waals surface area contributed by atoms with E-state index in [9.17, 15) is 4.79 Å². The zero-order chi connectivity index (χ0) is 17.0. The van der Waals surface area contributed by atoms with Gasteiger partial charge in [-0.15, -0.1) is 0 Å². The number of ketones is 1. The highest BCUT2D eigenvalue weighted by Gasteiger charge is 2.73. The number of nitrogens with zero attached hydrogens (tertiary/aromatic N) is 1. The molecule has 0 aromatic heterocycles. The summed E-state index contributed by atoms with van der Waals surface area (Å²) < 4.78 is 0. The summed E-state index contributed by atoms with van der Waals surface area (Å²) in [7, 11) is 0. The van der Waals surface area contributed by atoms with Gasteiger partial charge >= 0.3 is 0 Å². The molecule has 1 fully saturated rings. The van der Waals surface area contributed by atoms with Gasteiger partial charge in [-0.3, -0.25) is 4.79 Å². The van der Waals surface area contributed by atoms with Crippen LogP contribution in [0, 0.1) is 17.2 Å². The second kappa shape index (κ2) is 4.91. The highest BCUT2D eigenvalue weighted by Crippen LogP contribution is 2.73. The van der Waals surface area contributed by atoms with Crippen LogP contribution < -0.4 is 0 Å². The first-order valence-corrected chi connectivity index (χ1v) is 8.48. The van der Waals surface area contributed by atoms with Crippen LogP contribution in [0.25, 0.3) is 0 Å². The van der Waals surface area contributed by atoms with Crippen molar-refractivity contribution in [2.75, 3.05) is 0 Å². The van der Waals surface area contributed by atoms with E-state index in [1.165, 1.54) is 5.56 Å². The van der Waals surface area contributed by atoms with Crippen LogP contribution in [0.15, 0.2) is 78.9 Å². The molecular weight excluding hydrogens is 306 g/mol. The SMILES string of the molecule is N#Cc1ccc([C@]2(c3ccccc3)C3C(=O)c4ccccc4C32)cc1. The topological polar surface area (TPSA) is 40.9 Å². The number of hydrogen-bond donors (Lipinski definition) is 0. The third-order valence-corrected chi connectivity index (χ3v) is 5.79. The summed E-state index contributed by atoms with van der Waals surface area (Å²) in [5.74, 6) is 0.389. The fourth-order valence-electron chi connectivity index (χ4n) is 4.75. The molecule has 0 aliphatic heterocycles. The van der Waals surface area contributed by atoms with Crippen molar-refractivity contribution in [1.82, 2.24) is 0 Å². The van der Waals surface area contributed by atoms with Crippen molar-refractivity contribution in [3.05, 3.63) is 107 Å². The normalized spacial score (nSPS) is 25.8. The Kier molecular flexibility index (Phi) is 2.79. The van der Waals surface area contributed by atoms with Crippen LogP contribution in [0.5, 0.6) is 0 Å². The molecule has 0 heterocycles. The first-order chi connectivity index (χ1) is 12.3. The third kappa shape index (κ3) is 1.70. The Morgan fingerprint density at radius 3 is 2.12 bits per heavy atom. The number of rotatable bonds is 2. The molecule has 3 atom stereocenters. The lowest BCUT2D eigenvalue weighted by molar-refractivity contribution is 0.0966. The first-order valence-electron chi connectivity index (χ1n) is 8.48. The lowest BCUT2D eigenvalue weighted by Crippen LogP contribution is -2.20. The molecule has 0 spiro atoms. The zero-order valence-corrected chi connectivity index (χ0v) is 13.5. The van der Waals surface area contributed by atoms with Gasteiger partial charge in [0.2, 0.25) is 0 Å². The van der Waals surface area contributed by atoms with Crippen molar-refractivity contribution in [2.45, 2.75) is 11.3 Å². The van der Waals surface area contributed by atoms with Gasteiger partial charge in [0, 0.05) is 22.8 Å². The summed E-state index contributed by atoms with van der Waals surface area (Å²) in [6.45, 7) is 0. The second-order valence-corrected chi connectivity index (χ2v) is 6.83. The van der Waals surface area contributed by atoms with E-state index >= 15 is 0 Å². The highest BCUT2D eigenvalue weighted by atomic mass is 16.1. The average molecular weight is 321 g/mol. The van der Waals surface area contributed by atoms with E-state index in [4.69, 9.17) is 5.26 Å². The predicted octanol–water partition coefficient (Wildman–Crippen LogP) is 4.45. The van der Waals surface area contributed by atoms with Gasteiger partial charge in [0.25, 0.3) is 0 Å². The van der Waals surface area contributed by atoms with Crippen LogP contribution in [0.3, 0.4) is 0 Å². The molecule has 118 valence electrons. The molecule has 25 heavy (non-hydrogen) atoms. The van der Waals surface area contributed by atoms with Gasteiger partial charge in [0.15, 0.2) is 5.78 Å². The van der Waals surface area contributed by atoms with Crippen molar-refractivity contribution in [3.8, 4) is 6.07 Å². The Bertz CT molecular complexity index is 1030. The van der Waals surface area contributed by atoms with Gasteiger partial charge < -0.3 is 0 Å². The summed E-state index contributed by atoms with van der Waals surface area (Å²) in [4.78, 5) is 13.1. The minimum atomic E-state index is -0.305.